The summed E-state index contributed by atoms with van der Waals surface area (Å²) in [5.74, 6) is -6.28. The third-order valence-corrected chi connectivity index (χ3v) is 5.02. The van der Waals surface area contributed by atoms with Crippen LogP contribution in [0.3, 0.4) is 0 Å². The summed E-state index contributed by atoms with van der Waals surface area (Å²) in [4.78, 5) is 40.3. The number of carbonyl (C=O) groups excluding carboxylic acids is 2. The van der Waals surface area contributed by atoms with Crippen molar-refractivity contribution >= 4 is 19.5 Å². The Bertz CT molecular complexity index is 3340. The van der Waals surface area contributed by atoms with Crippen LogP contribution in [-0.2, 0) is 28.2 Å². The van der Waals surface area contributed by atoms with E-state index in [0.717, 1.165) is 0 Å². The Morgan fingerprint density at radius 2 is 1.02 bits per heavy atom. The Morgan fingerprint density at radius 3 is 1.42 bits per heavy atom. The van der Waals surface area contributed by atoms with Gasteiger partial charge in [-0.1, -0.05) is 167 Å². The molecule has 0 bridgehead atoms. The lowest BCUT2D eigenvalue weighted by atomic mass is 10.0. The van der Waals surface area contributed by atoms with E-state index in [0.29, 0.717) is 0 Å². The molecule has 0 fully saturated rings. The third kappa shape index (κ3) is 33.5. The molecule has 0 aromatic rings. The first-order chi connectivity index (χ1) is 46.6. The van der Waals surface area contributed by atoms with Gasteiger partial charge in [0.25, 0.3) is 0 Å². The van der Waals surface area contributed by atoms with Gasteiger partial charge in [0.1, 0.15) is 14.2 Å². The highest BCUT2D eigenvalue weighted by atomic mass is 31.2. The average Bonchev–Trinajstić information content (AvgIpc) is 0.681. The second-order valence-electron chi connectivity index (χ2n) is 7.05. The van der Waals surface area contributed by atoms with E-state index in [-0.39, 0.29) is 0 Å². The molecule has 0 saturated heterocycles. The highest BCUT2D eigenvalue weighted by Crippen LogP contribution is 2.37. The largest absolute Gasteiger partial charge is 0.778 e. The zero-order chi connectivity index (χ0) is 90.8. The highest BCUT2D eigenvalue weighted by Gasteiger charge is 2.22. The molecule has 0 aromatic heterocycles. The summed E-state index contributed by atoms with van der Waals surface area (Å²) >= 11 is 0. The smallest absolute Gasteiger partial charge is 0.306 e. The maximum atomic E-state index is 13.9. The SMILES string of the molecule is [2H]C([2H])([2H])C([2H])([2H])C([2H])([2H])C([2H])([2H])C([2H])([2H])C([2H])([2H])C([2H])([2H])C([2H])([2H])C([2H])([2H])C([2H])([2H])C([2H])([2H])C([2H])([2H])C([2H])([2H])C([2H])([2H])C([2H])([2H])C(=O)OC[C@H](COP(=O)([O-])C[C@@H](O)CO)OC(=O)C([2H])([2H])C([2H])([2H])C([2H])([2H])C([2H])([2H])C([2H])([2H])C([2H])([2H])C([2H])([2H])C([2H])([2H])C([2H])([2H])C([2H])([2H])C([2H])([2H])C([2H])([2H])C([2H])([2H])C([2H])([2H])C([2H])([2H])[2H]. The molecule has 1 unspecified atom stereocenters. The number of rotatable bonds is 37. The van der Waals surface area contributed by atoms with E-state index in [1.165, 1.54) is 0 Å². The molecule has 0 heterocycles. The van der Waals surface area contributed by atoms with Crippen molar-refractivity contribution in [1.82, 2.24) is 0 Å². The van der Waals surface area contributed by atoms with Crippen molar-refractivity contribution in [1.29, 1.82) is 0 Å². The second-order valence-corrected chi connectivity index (χ2v) is 8.90. The quantitative estimate of drug-likeness (QED) is 0.0467. The average molecular weight is 768 g/mol. The summed E-state index contributed by atoms with van der Waals surface area (Å²) < 4.78 is 534. The molecule has 2 N–H and O–H groups in total. The van der Waals surface area contributed by atoms with Gasteiger partial charge in [0, 0.05) is 104 Å². The van der Waals surface area contributed by atoms with Gasteiger partial charge in [-0.25, -0.2) is 0 Å². The fourth-order valence-corrected chi connectivity index (χ4v) is 3.05. The van der Waals surface area contributed by atoms with E-state index < -0.39 is 250 Å². The van der Waals surface area contributed by atoms with Crippen molar-refractivity contribution in [3.8, 4) is 0 Å². The van der Waals surface area contributed by atoms with E-state index in [9.17, 15) is 29.3 Å². The lowest BCUT2D eigenvalue weighted by molar-refractivity contribution is -0.203. The minimum Gasteiger partial charge on any atom is -0.778 e. The monoisotopic (exact) mass is 768 g/mol. The van der Waals surface area contributed by atoms with Gasteiger partial charge in [-0.15, -0.1) is 0 Å². The van der Waals surface area contributed by atoms with Gasteiger partial charge >= 0.3 is 11.9 Å². The Morgan fingerprint density at radius 1 is 0.646 bits per heavy atom. The number of aliphatic hydroxyl groups is 2. The maximum Gasteiger partial charge on any atom is 0.306 e. The summed E-state index contributed by atoms with van der Waals surface area (Å²) in [7, 11) is -5.84. The van der Waals surface area contributed by atoms with Crippen molar-refractivity contribution < 1.29 is 128 Å². The molecule has 48 heavy (non-hydrogen) atoms. The van der Waals surface area contributed by atoms with Crippen LogP contribution < -0.4 is 4.89 Å². The van der Waals surface area contributed by atoms with Crippen molar-refractivity contribution in [3.05, 3.63) is 0 Å². The van der Waals surface area contributed by atoms with Crippen LogP contribution in [0.4, 0.5) is 0 Å². The number of hydrogen-bond acceptors (Lipinski definition) is 9. The fourth-order valence-electron chi connectivity index (χ4n) is 1.92. The molecule has 3 atom stereocenters. The summed E-state index contributed by atoms with van der Waals surface area (Å²) in [6, 6.07) is 0. The van der Waals surface area contributed by atoms with E-state index in [2.05, 4.69) is 14.0 Å². The van der Waals surface area contributed by atoms with E-state index >= 15 is 0 Å². The minimum absolute atomic E-state index is 1.43. The molecule has 0 amide bonds. The molecule has 286 valence electrons. The van der Waals surface area contributed by atoms with Gasteiger partial charge in [-0.05, 0) is 12.7 Å². The molecule has 0 radical (unpaired) electrons. The van der Waals surface area contributed by atoms with Crippen molar-refractivity contribution in [2.75, 3.05) is 26.0 Å². The number of ether oxygens (including phenoxy) is 2. The van der Waals surface area contributed by atoms with Crippen molar-refractivity contribution in [2.24, 2.45) is 0 Å². The zero-order valence-electron chi connectivity index (χ0n) is 86.2. The molecule has 0 spiro atoms. The van der Waals surface area contributed by atoms with Crippen LogP contribution in [0.2, 0.25) is 0 Å². The van der Waals surface area contributed by atoms with Crippen LogP contribution in [0.15, 0.2) is 0 Å². The minimum atomic E-state index is -5.84. The third-order valence-electron chi connectivity index (χ3n) is 3.61. The lowest BCUT2D eigenvalue weighted by Gasteiger charge is -2.27. The zero-order valence-corrected chi connectivity index (χ0v) is 25.1. The van der Waals surface area contributed by atoms with Crippen molar-refractivity contribution in [2.45, 2.75) is 204 Å². The lowest BCUT2D eigenvalue weighted by Crippen LogP contribution is -2.31. The first-order valence-electron chi connectivity index (χ1n) is 43.2. The van der Waals surface area contributed by atoms with Crippen molar-refractivity contribution in [3.63, 3.8) is 0 Å². The molecule has 0 aliphatic rings. The molecule has 0 rings (SSSR count). The predicted octanol–water partition coefficient (Wildman–Crippen LogP) is 9.33. The first kappa shape index (κ1) is 8.53. The number of carbonyl (C=O) groups is 2. The van der Waals surface area contributed by atoms with E-state index in [1.807, 2.05) is 0 Å². The van der Waals surface area contributed by atoms with Crippen LogP contribution in [-0.4, -0.2) is 60.3 Å². The molecule has 0 saturated carbocycles. The molecule has 0 aliphatic carbocycles. The Hall–Kier alpha value is -0.990. The molecular weight excluding hydrogens is 631 g/mol. The van der Waals surface area contributed by atoms with Gasteiger partial charge < -0.3 is 33.7 Å². The van der Waals surface area contributed by atoms with Crippen LogP contribution in [0, 0.1) is 0 Å². The van der Waals surface area contributed by atoms with Crippen LogP contribution in [0.5, 0.6) is 0 Å². The van der Waals surface area contributed by atoms with Gasteiger partial charge in [-0.2, -0.15) is 0 Å². The Labute approximate surface area is 381 Å². The molecule has 0 aromatic carbocycles. The first-order valence-corrected chi connectivity index (χ1v) is 13.9. The highest BCUT2D eigenvalue weighted by molar-refractivity contribution is 7.51. The van der Waals surface area contributed by atoms with Gasteiger partial charge in [-0.3, -0.25) is 9.59 Å². The molecule has 10 heteroatoms. The van der Waals surface area contributed by atoms with E-state index in [4.69, 9.17) is 85.0 Å². The van der Waals surface area contributed by atoms with Crippen LogP contribution in [0.1, 0.15) is 277 Å². The Kier molecular flexibility index (Phi) is 6.12. The molecule has 0 aliphatic heterocycles. The van der Waals surface area contributed by atoms with Gasteiger partial charge in [0.2, 0.25) is 0 Å². The van der Waals surface area contributed by atoms with E-state index in [1.54, 1.807) is 0 Å². The second kappa shape index (κ2) is 34.5. The fraction of sp³-hybridized carbons (Fsp3) is 0.947. The standard InChI is InChI=1S/C38H75O9P/c1-3-5-7-9-11-13-15-17-19-21-23-25-27-29-37(41)45-32-36(33-46-48(43,44)34-35(40)31-39)47-38(42)30-28-26-24-22-20-18-16-14-12-10-8-6-4-2/h35-36,39-40H,3-34H2,1-2H3,(H,43,44)/p-1/t35-,36+/m0/s1/i1D3,2D3,3D2,4D2,5D2,6D2,7D2,8D2,9D2,10D2,11D2,12D2,13D2,14D2,15D2,16D2,17D2,18D2,19D2,20D2,21D2,22D2,23D2,24D2,25D2,26D2,27D2,28D2,29D2,30D2. The predicted molar refractivity (Wildman–Crippen MR) is 193 cm³/mol. The summed E-state index contributed by atoms with van der Waals surface area (Å²) in [6.07, 6.45) is -156. The van der Waals surface area contributed by atoms with Crippen LogP contribution >= 0.6 is 7.60 Å². The number of esters is 2. The Balaban J connectivity index is 8.19. The van der Waals surface area contributed by atoms with Crippen LogP contribution in [0.25, 0.3) is 0 Å². The summed E-state index contributed by atoms with van der Waals surface area (Å²) in [5, 5.41) is 18.9. The molecule has 9 nitrogen and oxygen atoms in total. The maximum absolute atomic E-state index is 13.9. The summed E-state index contributed by atoms with van der Waals surface area (Å²) in [6.45, 7) is -14.5. The number of hydrogen-bond donors (Lipinski definition) is 2. The normalized spacial score (nSPS) is 42.1. The summed E-state index contributed by atoms with van der Waals surface area (Å²) in [5.41, 5.74) is 0. The van der Waals surface area contributed by atoms with Gasteiger partial charge in [0.15, 0.2) is 6.10 Å². The number of aliphatic hydroxyl groups excluding tert-OH is 2. The molecular formula is C38H74O9P-. The topological polar surface area (TPSA) is 142 Å². The van der Waals surface area contributed by atoms with Gasteiger partial charge in [0.05, 0.1) is 19.3 Å².